The molecule has 2 aromatic heterocycles. The minimum absolute atomic E-state index is 0.0399. The smallest absolute Gasteiger partial charge is 0.354 e. The third-order valence-corrected chi connectivity index (χ3v) is 5.21. The molecular formula is C11H9N3O4S2. The number of rotatable bonds is 4. The number of aromatic nitrogens is 1. The van der Waals surface area contributed by atoms with Crippen molar-refractivity contribution in [2.24, 2.45) is 0 Å². The third-order valence-electron chi connectivity index (χ3n) is 2.37. The van der Waals surface area contributed by atoms with Crippen LogP contribution in [0.15, 0.2) is 22.4 Å². The molecule has 104 valence electrons. The summed E-state index contributed by atoms with van der Waals surface area (Å²) in [6.07, 6.45) is 0. The summed E-state index contributed by atoms with van der Waals surface area (Å²) in [4.78, 5) is 13.8. The molecule has 0 unspecified atom stereocenters. The van der Waals surface area contributed by atoms with Gasteiger partial charge in [-0.1, -0.05) is 0 Å². The van der Waals surface area contributed by atoms with Crippen molar-refractivity contribution in [1.29, 1.82) is 5.26 Å². The molecule has 0 aromatic carbocycles. The number of H-pyrrole nitrogens is 1. The molecule has 7 nitrogen and oxygen atoms in total. The Hall–Kier alpha value is -2.31. The minimum Gasteiger partial charge on any atom is -0.477 e. The van der Waals surface area contributed by atoms with Gasteiger partial charge in [0.1, 0.15) is 20.8 Å². The second-order valence-corrected chi connectivity index (χ2v) is 6.88. The SMILES string of the molecule is Cc1cc(NS(=O)(=O)c2ccc(C#N)s2)c(C(=O)O)[nH]1. The molecular weight excluding hydrogens is 302 g/mol. The number of nitrogens with one attached hydrogen (secondary N) is 2. The first-order chi connectivity index (χ1) is 9.33. The molecule has 0 spiro atoms. The van der Waals surface area contributed by atoms with Crippen LogP contribution in [0, 0.1) is 18.3 Å². The van der Waals surface area contributed by atoms with Crippen molar-refractivity contribution in [3.63, 3.8) is 0 Å². The number of aromatic carboxylic acids is 1. The normalized spacial score (nSPS) is 11.0. The molecule has 2 rings (SSSR count). The Balaban J connectivity index is 2.38. The van der Waals surface area contributed by atoms with Crippen molar-refractivity contribution >= 4 is 33.0 Å². The summed E-state index contributed by atoms with van der Waals surface area (Å²) in [6.45, 7) is 1.61. The van der Waals surface area contributed by atoms with Gasteiger partial charge in [0.25, 0.3) is 10.0 Å². The standard InChI is InChI=1S/C11H9N3O4S2/c1-6-4-8(10(13-6)11(15)16)14-20(17,18)9-3-2-7(5-12)19-9/h2-4,13-14H,1H3,(H,15,16). The molecule has 0 aliphatic carbocycles. The van der Waals surface area contributed by atoms with Crippen LogP contribution in [0.3, 0.4) is 0 Å². The van der Waals surface area contributed by atoms with E-state index >= 15 is 0 Å². The van der Waals surface area contributed by atoms with Crippen LogP contribution >= 0.6 is 11.3 Å². The largest absolute Gasteiger partial charge is 0.477 e. The number of nitrogens with zero attached hydrogens (tertiary/aromatic N) is 1. The molecule has 0 saturated heterocycles. The Morgan fingerprint density at radius 3 is 2.75 bits per heavy atom. The highest BCUT2D eigenvalue weighted by molar-refractivity contribution is 7.94. The lowest BCUT2D eigenvalue weighted by Gasteiger charge is -2.04. The topological polar surface area (TPSA) is 123 Å². The summed E-state index contributed by atoms with van der Waals surface area (Å²) >= 11 is 0.811. The van der Waals surface area contributed by atoms with Crippen LogP contribution < -0.4 is 4.72 Å². The zero-order valence-electron chi connectivity index (χ0n) is 10.2. The van der Waals surface area contributed by atoms with Crippen molar-refractivity contribution in [2.45, 2.75) is 11.1 Å². The highest BCUT2D eigenvalue weighted by Gasteiger charge is 2.21. The molecule has 0 bridgehead atoms. The molecule has 0 radical (unpaired) electrons. The van der Waals surface area contributed by atoms with E-state index in [1.54, 1.807) is 6.92 Å². The van der Waals surface area contributed by atoms with Crippen molar-refractivity contribution in [1.82, 2.24) is 4.98 Å². The number of anilines is 1. The van der Waals surface area contributed by atoms with Crippen LogP contribution in [0.25, 0.3) is 0 Å². The van der Waals surface area contributed by atoms with Crippen LogP contribution in [-0.2, 0) is 10.0 Å². The van der Waals surface area contributed by atoms with Gasteiger partial charge in [0.15, 0.2) is 0 Å². The lowest BCUT2D eigenvalue weighted by molar-refractivity contribution is 0.0692. The molecule has 0 fully saturated rings. The van der Waals surface area contributed by atoms with E-state index in [1.165, 1.54) is 18.2 Å². The van der Waals surface area contributed by atoms with Crippen LogP contribution in [-0.4, -0.2) is 24.5 Å². The zero-order valence-corrected chi connectivity index (χ0v) is 11.8. The van der Waals surface area contributed by atoms with E-state index in [4.69, 9.17) is 10.4 Å². The lowest BCUT2D eigenvalue weighted by Crippen LogP contribution is -2.13. The van der Waals surface area contributed by atoms with Crippen molar-refractivity contribution < 1.29 is 18.3 Å². The number of carbonyl (C=O) groups is 1. The second kappa shape index (κ2) is 4.99. The Bertz CT molecular complexity index is 811. The summed E-state index contributed by atoms with van der Waals surface area (Å²) in [6, 6.07) is 5.92. The Labute approximate surface area is 118 Å². The van der Waals surface area contributed by atoms with Gasteiger partial charge in [-0.3, -0.25) is 4.72 Å². The number of carboxylic acids is 1. The average Bonchev–Trinajstić information content (AvgIpc) is 2.95. The molecule has 3 N–H and O–H groups in total. The lowest BCUT2D eigenvalue weighted by atomic mass is 10.4. The summed E-state index contributed by atoms with van der Waals surface area (Å²) < 4.78 is 26.3. The van der Waals surface area contributed by atoms with Gasteiger partial charge in [-0.05, 0) is 25.1 Å². The molecule has 20 heavy (non-hydrogen) atoms. The first-order valence-corrected chi connectivity index (χ1v) is 7.59. The summed E-state index contributed by atoms with van der Waals surface area (Å²) in [7, 11) is -3.91. The highest BCUT2D eigenvalue weighted by atomic mass is 32.2. The second-order valence-electron chi connectivity index (χ2n) is 3.88. The Morgan fingerprint density at radius 2 is 2.20 bits per heavy atom. The summed E-state index contributed by atoms with van der Waals surface area (Å²) in [5.74, 6) is -1.26. The number of aryl methyl sites for hydroxylation is 1. The van der Waals surface area contributed by atoms with Gasteiger partial charge in [0.05, 0.1) is 5.69 Å². The van der Waals surface area contributed by atoms with Crippen LogP contribution in [0.2, 0.25) is 0 Å². The monoisotopic (exact) mass is 311 g/mol. The fraction of sp³-hybridized carbons (Fsp3) is 0.0909. The van der Waals surface area contributed by atoms with Gasteiger partial charge in [-0.15, -0.1) is 11.3 Å². The highest BCUT2D eigenvalue weighted by Crippen LogP contribution is 2.25. The summed E-state index contributed by atoms with van der Waals surface area (Å²) in [5.41, 5.74) is 0.244. The van der Waals surface area contributed by atoms with E-state index in [0.29, 0.717) is 5.69 Å². The van der Waals surface area contributed by atoms with Gasteiger partial charge >= 0.3 is 5.97 Å². The van der Waals surface area contributed by atoms with Crippen molar-refractivity contribution in [2.75, 3.05) is 4.72 Å². The summed E-state index contributed by atoms with van der Waals surface area (Å²) in [5, 5.41) is 17.7. The first-order valence-electron chi connectivity index (χ1n) is 5.29. The van der Waals surface area contributed by atoms with E-state index in [9.17, 15) is 13.2 Å². The van der Waals surface area contributed by atoms with Gasteiger partial charge in [0.2, 0.25) is 0 Å². The van der Waals surface area contributed by atoms with Crippen LogP contribution in [0.4, 0.5) is 5.69 Å². The van der Waals surface area contributed by atoms with Gasteiger partial charge in [0, 0.05) is 5.69 Å². The fourth-order valence-electron chi connectivity index (χ4n) is 1.56. The van der Waals surface area contributed by atoms with Crippen molar-refractivity contribution in [3.05, 3.63) is 34.5 Å². The Morgan fingerprint density at radius 1 is 1.50 bits per heavy atom. The molecule has 0 aliphatic heterocycles. The molecule has 0 aliphatic rings. The van der Waals surface area contributed by atoms with Gasteiger partial charge < -0.3 is 10.1 Å². The van der Waals surface area contributed by atoms with E-state index in [2.05, 4.69) is 9.71 Å². The number of hydrogen-bond acceptors (Lipinski definition) is 5. The molecule has 0 amide bonds. The van der Waals surface area contributed by atoms with E-state index in [1.807, 2.05) is 6.07 Å². The average molecular weight is 311 g/mol. The number of aromatic amines is 1. The maximum absolute atomic E-state index is 12.1. The molecule has 2 aromatic rings. The predicted octanol–water partition coefficient (Wildman–Crippen LogP) is 1.76. The van der Waals surface area contributed by atoms with Gasteiger partial charge in [-0.25, -0.2) is 13.2 Å². The minimum atomic E-state index is -3.91. The van der Waals surface area contributed by atoms with E-state index in [-0.39, 0.29) is 20.5 Å². The van der Waals surface area contributed by atoms with Crippen LogP contribution in [0.1, 0.15) is 21.1 Å². The molecule has 0 saturated carbocycles. The number of sulfonamides is 1. The third kappa shape index (κ3) is 2.66. The number of nitriles is 1. The molecule has 2 heterocycles. The molecule has 9 heteroatoms. The van der Waals surface area contributed by atoms with Gasteiger partial charge in [-0.2, -0.15) is 5.26 Å². The number of hydrogen-bond donors (Lipinski definition) is 3. The fourth-order valence-corrected chi connectivity index (χ4v) is 3.72. The van der Waals surface area contributed by atoms with E-state index < -0.39 is 16.0 Å². The Kier molecular flexibility index (Phi) is 3.52. The maximum Gasteiger partial charge on any atom is 0.354 e. The zero-order chi connectivity index (χ0) is 14.9. The number of carboxylic acid groups (broad SMARTS) is 1. The first kappa shape index (κ1) is 14.1. The molecule has 0 atom stereocenters. The number of thiophene rings is 1. The van der Waals surface area contributed by atoms with Crippen molar-refractivity contribution in [3.8, 4) is 6.07 Å². The van der Waals surface area contributed by atoms with Crippen LogP contribution in [0.5, 0.6) is 0 Å². The maximum atomic E-state index is 12.1. The predicted molar refractivity (Wildman–Crippen MR) is 72.3 cm³/mol. The van der Waals surface area contributed by atoms with E-state index in [0.717, 1.165) is 11.3 Å². The quantitative estimate of drug-likeness (QED) is 0.793.